The summed E-state index contributed by atoms with van der Waals surface area (Å²) in [5.74, 6) is -0.822. The number of nitrogens with one attached hydrogen (secondary N) is 3. The van der Waals surface area contributed by atoms with E-state index in [1.165, 1.54) is 6.07 Å². The number of carbonyl (C=O) groups is 2. The average Bonchev–Trinajstić information content (AvgIpc) is 3.43. The Hall–Kier alpha value is -2.82. The Balaban J connectivity index is 1.54. The first-order chi connectivity index (χ1) is 13.7. The van der Waals surface area contributed by atoms with Crippen molar-refractivity contribution < 1.29 is 22.8 Å². The fourth-order valence-corrected chi connectivity index (χ4v) is 3.08. The van der Waals surface area contributed by atoms with Crippen LogP contribution in [0.3, 0.4) is 0 Å². The molecule has 0 spiro atoms. The summed E-state index contributed by atoms with van der Waals surface area (Å²) in [5, 5.41) is 5.44. The predicted molar refractivity (Wildman–Crippen MR) is 101 cm³/mol. The van der Waals surface area contributed by atoms with Gasteiger partial charge in [0.25, 0.3) is 5.56 Å². The van der Waals surface area contributed by atoms with Crippen molar-refractivity contribution in [1.82, 2.24) is 15.3 Å². The van der Waals surface area contributed by atoms with Gasteiger partial charge in [-0.1, -0.05) is 11.8 Å². The number of amides is 2. The minimum absolute atomic E-state index is 0.0360. The van der Waals surface area contributed by atoms with E-state index in [0.29, 0.717) is 0 Å². The van der Waals surface area contributed by atoms with Gasteiger partial charge in [0.15, 0.2) is 5.16 Å². The number of carbonyl (C=O) groups excluding carboxylic acids is 2. The Kier molecular flexibility index (Phi) is 6.26. The number of nitrogens with zero attached hydrogens (tertiary/aromatic N) is 1. The van der Waals surface area contributed by atoms with Gasteiger partial charge in [0.2, 0.25) is 11.8 Å². The fourth-order valence-electron chi connectivity index (χ4n) is 2.39. The van der Waals surface area contributed by atoms with Gasteiger partial charge in [-0.3, -0.25) is 14.4 Å². The molecule has 2 amide bonds. The molecule has 0 saturated heterocycles. The molecule has 1 saturated carbocycles. The fraction of sp³-hybridized carbons (Fsp3) is 0.333. The first-order valence-electron chi connectivity index (χ1n) is 8.68. The van der Waals surface area contributed by atoms with E-state index in [2.05, 4.69) is 20.6 Å². The van der Waals surface area contributed by atoms with Gasteiger partial charge in [-0.15, -0.1) is 0 Å². The zero-order valence-corrected chi connectivity index (χ0v) is 15.8. The highest BCUT2D eigenvalue weighted by Crippen LogP contribution is 2.29. The minimum atomic E-state index is -4.45. The largest absolute Gasteiger partial charge is 0.416 e. The van der Waals surface area contributed by atoms with E-state index in [-0.39, 0.29) is 40.7 Å². The monoisotopic (exact) mass is 426 g/mol. The smallest absolute Gasteiger partial charge is 0.353 e. The van der Waals surface area contributed by atoms with Crippen molar-refractivity contribution in [2.75, 3.05) is 11.1 Å². The van der Waals surface area contributed by atoms with Gasteiger partial charge in [-0.05, 0) is 37.1 Å². The molecule has 29 heavy (non-hydrogen) atoms. The van der Waals surface area contributed by atoms with Crippen molar-refractivity contribution >= 4 is 29.3 Å². The molecule has 7 nitrogen and oxygen atoms in total. The molecule has 154 valence electrons. The molecular weight excluding hydrogens is 409 g/mol. The lowest BCUT2D eigenvalue weighted by atomic mass is 10.2. The summed E-state index contributed by atoms with van der Waals surface area (Å²) < 4.78 is 37.6. The quantitative estimate of drug-likeness (QED) is 0.466. The van der Waals surface area contributed by atoms with Gasteiger partial charge < -0.3 is 15.6 Å². The maximum absolute atomic E-state index is 12.5. The summed E-state index contributed by atoms with van der Waals surface area (Å²) in [6.07, 6.45) is -2.59. The van der Waals surface area contributed by atoms with Crippen LogP contribution in [0.15, 0.2) is 40.3 Å². The molecule has 0 radical (unpaired) electrons. The predicted octanol–water partition coefficient (Wildman–Crippen LogP) is 2.34. The van der Waals surface area contributed by atoms with Crippen LogP contribution in [0, 0.1) is 0 Å². The molecule has 1 heterocycles. The summed E-state index contributed by atoms with van der Waals surface area (Å²) in [6.45, 7) is 0. The number of anilines is 1. The first-order valence-corrected chi connectivity index (χ1v) is 9.67. The maximum Gasteiger partial charge on any atom is 0.416 e. The van der Waals surface area contributed by atoms with Crippen molar-refractivity contribution in [3.05, 3.63) is 51.9 Å². The van der Waals surface area contributed by atoms with Crippen LogP contribution in [0.2, 0.25) is 0 Å². The summed E-state index contributed by atoms with van der Waals surface area (Å²) in [7, 11) is 0. The highest BCUT2D eigenvalue weighted by molar-refractivity contribution is 7.99. The molecule has 1 aliphatic rings. The van der Waals surface area contributed by atoms with Crippen molar-refractivity contribution in [3.63, 3.8) is 0 Å². The Morgan fingerprint density at radius 2 is 1.86 bits per heavy atom. The number of alkyl halides is 3. The van der Waals surface area contributed by atoms with Gasteiger partial charge in [0, 0.05) is 17.8 Å². The third-order valence-corrected chi connectivity index (χ3v) is 4.77. The van der Waals surface area contributed by atoms with E-state index in [1.807, 2.05) is 0 Å². The normalized spacial score (nSPS) is 13.8. The van der Waals surface area contributed by atoms with Crippen LogP contribution in [0.4, 0.5) is 18.9 Å². The number of rotatable bonds is 7. The number of aromatic amines is 1. The Bertz CT molecular complexity index is 956. The van der Waals surface area contributed by atoms with E-state index in [9.17, 15) is 27.6 Å². The Morgan fingerprint density at radius 1 is 1.17 bits per heavy atom. The zero-order chi connectivity index (χ0) is 21.0. The van der Waals surface area contributed by atoms with Crippen molar-refractivity contribution in [3.8, 4) is 0 Å². The van der Waals surface area contributed by atoms with Gasteiger partial charge in [0.05, 0.1) is 23.4 Å². The molecule has 0 atom stereocenters. The van der Waals surface area contributed by atoms with Gasteiger partial charge in [-0.2, -0.15) is 13.2 Å². The molecular formula is C18H17F3N4O3S. The summed E-state index contributed by atoms with van der Waals surface area (Å²) in [6, 6.07) is 5.48. The number of halogens is 3. The molecule has 1 aliphatic carbocycles. The van der Waals surface area contributed by atoms with Crippen LogP contribution in [-0.4, -0.2) is 33.6 Å². The molecule has 1 aromatic carbocycles. The molecule has 1 aromatic heterocycles. The number of hydrogen-bond acceptors (Lipinski definition) is 5. The highest BCUT2D eigenvalue weighted by Gasteiger charge is 2.30. The molecule has 0 unspecified atom stereocenters. The lowest BCUT2D eigenvalue weighted by Gasteiger charge is -2.09. The zero-order valence-electron chi connectivity index (χ0n) is 15.0. The van der Waals surface area contributed by atoms with Crippen molar-refractivity contribution in [2.45, 2.75) is 36.6 Å². The molecule has 3 N–H and O–H groups in total. The summed E-state index contributed by atoms with van der Waals surface area (Å²) in [5.41, 5.74) is -0.748. The highest BCUT2D eigenvalue weighted by atomic mass is 32.2. The second-order valence-corrected chi connectivity index (χ2v) is 7.44. The maximum atomic E-state index is 12.5. The molecule has 3 rings (SSSR count). The third kappa shape index (κ3) is 6.63. The molecule has 1 fully saturated rings. The van der Waals surface area contributed by atoms with Crippen molar-refractivity contribution in [1.29, 1.82) is 0 Å². The molecule has 0 bridgehead atoms. The van der Waals surface area contributed by atoms with Crippen LogP contribution in [-0.2, 0) is 22.2 Å². The number of hydrogen-bond donors (Lipinski definition) is 3. The van der Waals surface area contributed by atoms with E-state index in [4.69, 9.17) is 0 Å². The molecule has 11 heteroatoms. The molecule has 0 aliphatic heterocycles. The van der Waals surface area contributed by atoms with Gasteiger partial charge in [-0.25, -0.2) is 4.98 Å². The standard InChI is InChI=1S/C18H17F3N4O3S/c19-18(20,21)10-1-3-11(4-2-10)23-16(28)9-29-17-24-13(8-15(27)25-17)7-14(26)22-12-5-6-12/h1-4,8,12H,5-7,9H2,(H,22,26)(H,23,28)(H,24,25,27). The van der Waals surface area contributed by atoms with Gasteiger partial charge in [0.1, 0.15) is 0 Å². The lowest BCUT2D eigenvalue weighted by Crippen LogP contribution is -2.28. The van der Waals surface area contributed by atoms with Crippen LogP contribution < -0.4 is 16.2 Å². The van der Waals surface area contributed by atoms with E-state index < -0.39 is 23.2 Å². The number of thioether (sulfide) groups is 1. The van der Waals surface area contributed by atoms with E-state index >= 15 is 0 Å². The third-order valence-electron chi connectivity index (χ3n) is 3.89. The Labute approximate surface area is 167 Å². The number of H-pyrrole nitrogens is 1. The van der Waals surface area contributed by atoms with Crippen molar-refractivity contribution in [2.24, 2.45) is 0 Å². The average molecular weight is 426 g/mol. The number of benzene rings is 1. The minimum Gasteiger partial charge on any atom is -0.353 e. The number of aromatic nitrogens is 2. The first kappa shape index (κ1) is 20.9. The molecule has 2 aromatic rings. The van der Waals surface area contributed by atoms with Gasteiger partial charge >= 0.3 is 6.18 Å². The van der Waals surface area contributed by atoms with Crippen LogP contribution >= 0.6 is 11.8 Å². The second kappa shape index (κ2) is 8.68. The van der Waals surface area contributed by atoms with Crippen LogP contribution in [0.5, 0.6) is 0 Å². The summed E-state index contributed by atoms with van der Waals surface area (Å²) in [4.78, 5) is 42.2. The van der Waals surface area contributed by atoms with Crippen LogP contribution in [0.25, 0.3) is 0 Å². The Morgan fingerprint density at radius 3 is 2.48 bits per heavy atom. The van der Waals surface area contributed by atoms with E-state index in [1.54, 1.807) is 0 Å². The second-order valence-electron chi connectivity index (χ2n) is 6.47. The lowest BCUT2D eigenvalue weighted by molar-refractivity contribution is -0.137. The summed E-state index contributed by atoms with van der Waals surface area (Å²) >= 11 is 0.946. The van der Waals surface area contributed by atoms with E-state index in [0.717, 1.165) is 48.9 Å². The van der Waals surface area contributed by atoms with Crippen LogP contribution in [0.1, 0.15) is 24.1 Å². The topological polar surface area (TPSA) is 104 Å². The SMILES string of the molecule is O=C(CSc1nc(CC(=O)NC2CC2)cc(=O)[nH]1)Nc1ccc(C(F)(F)F)cc1.